The lowest BCUT2D eigenvalue weighted by molar-refractivity contribution is 0.120. The molecule has 138 valence electrons. The van der Waals surface area contributed by atoms with Crippen molar-refractivity contribution in [1.29, 1.82) is 0 Å². The molecule has 2 N–H and O–H groups in total. The summed E-state index contributed by atoms with van der Waals surface area (Å²) in [6, 6.07) is 12.9. The third kappa shape index (κ3) is 4.52. The van der Waals surface area contributed by atoms with E-state index in [1.54, 1.807) is 0 Å². The zero-order valence-corrected chi connectivity index (χ0v) is 15.3. The number of hydrogen-bond acceptors (Lipinski definition) is 5. The second-order valence-corrected chi connectivity index (χ2v) is 7.32. The Morgan fingerprint density at radius 1 is 0.962 bits per heavy atom. The first-order valence-corrected chi connectivity index (χ1v) is 9.93. The Morgan fingerprint density at radius 3 is 2.58 bits per heavy atom. The van der Waals surface area contributed by atoms with Crippen LogP contribution in [0, 0.1) is 0 Å². The summed E-state index contributed by atoms with van der Waals surface area (Å²) >= 11 is 0. The van der Waals surface area contributed by atoms with Gasteiger partial charge in [0.25, 0.3) is 0 Å². The van der Waals surface area contributed by atoms with Gasteiger partial charge in [-0.3, -0.25) is 0 Å². The van der Waals surface area contributed by atoms with Gasteiger partial charge in [-0.05, 0) is 25.7 Å². The van der Waals surface area contributed by atoms with Gasteiger partial charge in [0.2, 0.25) is 5.95 Å². The van der Waals surface area contributed by atoms with Crippen molar-refractivity contribution in [1.82, 2.24) is 9.97 Å². The van der Waals surface area contributed by atoms with Crippen LogP contribution in [-0.2, 0) is 4.74 Å². The molecule has 5 nitrogen and oxygen atoms in total. The van der Waals surface area contributed by atoms with E-state index in [1.165, 1.54) is 32.1 Å². The molecular formula is C21H28N4O. The molecule has 0 amide bonds. The molecule has 2 fully saturated rings. The number of aromatic nitrogens is 2. The Hall–Kier alpha value is -2.14. The Morgan fingerprint density at radius 2 is 1.81 bits per heavy atom. The standard InChI is InChI=1S/C21H28N4O/c1-3-8-16(9-4-1)19-14-20(23-17-10-5-2-6-11-17)25-21(24-19)22-15-18-12-7-13-26-18/h1,3-4,8-9,14,17-18H,2,5-7,10-13,15H2,(H2,22,23,24,25). The predicted molar refractivity (Wildman–Crippen MR) is 105 cm³/mol. The number of nitrogens with one attached hydrogen (secondary N) is 2. The van der Waals surface area contributed by atoms with Crippen LogP contribution in [0.3, 0.4) is 0 Å². The molecule has 1 saturated heterocycles. The van der Waals surface area contributed by atoms with Crippen LogP contribution >= 0.6 is 0 Å². The second kappa shape index (κ2) is 8.49. The molecule has 1 aliphatic heterocycles. The minimum atomic E-state index is 0.272. The van der Waals surface area contributed by atoms with Gasteiger partial charge >= 0.3 is 0 Å². The second-order valence-electron chi connectivity index (χ2n) is 7.32. The molecule has 0 spiro atoms. The molecule has 0 bridgehead atoms. The largest absolute Gasteiger partial charge is 0.376 e. The van der Waals surface area contributed by atoms with Gasteiger partial charge in [-0.25, -0.2) is 4.98 Å². The fraction of sp³-hybridized carbons (Fsp3) is 0.524. The van der Waals surface area contributed by atoms with Crippen molar-refractivity contribution in [3.8, 4) is 11.3 Å². The molecule has 1 aromatic carbocycles. The topological polar surface area (TPSA) is 59.1 Å². The van der Waals surface area contributed by atoms with E-state index in [0.29, 0.717) is 12.0 Å². The number of rotatable bonds is 6. The molecule has 1 unspecified atom stereocenters. The van der Waals surface area contributed by atoms with Crippen molar-refractivity contribution in [3.63, 3.8) is 0 Å². The Labute approximate surface area is 155 Å². The minimum Gasteiger partial charge on any atom is -0.376 e. The van der Waals surface area contributed by atoms with Gasteiger partial charge in [-0.15, -0.1) is 0 Å². The third-order valence-corrected chi connectivity index (χ3v) is 5.26. The summed E-state index contributed by atoms with van der Waals surface area (Å²) in [6.45, 7) is 1.63. The molecule has 2 heterocycles. The number of benzene rings is 1. The van der Waals surface area contributed by atoms with E-state index in [9.17, 15) is 0 Å². The van der Waals surface area contributed by atoms with E-state index in [4.69, 9.17) is 14.7 Å². The van der Waals surface area contributed by atoms with Crippen LogP contribution < -0.4 is 10.6 Å². The fourth-order valence-corrected chi connectivity index (χ4v) is 3.82. The summed E-state index contributed by atoms with van der Waals surface area (Å²) in [5, 5.41) is 7.02. The molecule has 2 aliphatic rings. The molecule has 1 atom stereocenters. The van der Waals surface area contributed by atoms with E-state index in [1.807, 2.05) is 18.2 Å². The SMILES string of the molecule is c1ccc(-c2cc(NC3CCCCC3)nc(NCC3CCCO3)n2)cc1. The molecule has 1 saturated carbocycles. The first kappa shape index (κ1) is 17.3. The maximum atomic E-state index is 5.71. The lowest BCUT2D eigenvalue weighted by Crippen LogP contribution is -2.24. The summed E-state index contributed by atoms with van der Waals surface area (Å²) in [5.74, 6) is 1.60. The van der Waals surface area contributed by atoms with Crippen LogP contribution in [0.15, 0.2) is 36.4 Å². The highest BCUT2D eigenvalue weighted by Crippen LogP contribution is 2.25. The average molecular weight is 352 g/mol. The van der Waals surface area contributed by atoms with Gasteiger partial charge in [-0.1, -0.05) is 49.6 Å². The molecule has 1 aliphatic carbocycles. The minimum absolute atomic E-state index is 0.272. The molecule has 26 heavy (non-hydrogen) atoms. The Bertz CT molecular complexity index is 694. The highest BCUT2D eigenvalue weighted by Gasteiger charge is 2.17. The van der Waals surface area contributed by atoms with Crippen molar-refractivity contribution < 1.29 is 4.74 Å². The van der Waals surface area contributed by atoms with Crippen LogP contribution in [0.5, 0.6) is 0 Å². The van der Waals surface area contributed by atoms with Crippen LogP contribution in [0.4, 0.5) is 11.8 Å². The average Bonchev–Trinajstić information content (AvgIpc) is 3.21. The fourth-order valence-electron chi connectivity index (χ4n) is 3.82. The van der Waals surface area contributed by atoms with Gasteiger partial charge in [0, 0.05) is 30.8 Å². The summed E-state index contributed by atoms with van der Waals surface area (Å²) in [6.07, 6.45) is 8.94. The van der Waals surface area contributed by atoms with Gasteiger partial charge in [-0.2, -0.15) is 4.98 Å². The number of nitrogens with zero attached hydrogens (tertiary/aromatic N) is 2. The zero-order chi connectivity index (χ0) is 17.6. The van der Waals surface area contributed by atoms with Crippen LogP contribution in [0.25, 0.3) is 11.3 Å². The highest BCUT2D eigenvalue weighted by molar-refractivity contribution is 5.64. The summed E-state index contributed by atoms with van der Waals surface area (Å²) < 4.78 is 5.71. The van der Waals surface area contributed by atoms with Gasteiger partial charge in [0.05, 0.1) is 11.8 Å². The van der Waals surface area contributed by atoms with Crippen LogP contribution in [0.2, 0.25) is 0 Å². The predicted octanol–water partition coefficient (Wildman–Crippen LogP) is 4.48. The Kier molecular flexibility index (Phi) is 5.65. The van der Waals surface area contributed by atoms with E-state index < -0.39 is 0 Å². The maximum Gasteiger partial charge on any atom is 0.225 e. The summed E-state index contributed by atoms with van der Waals surface area (Å²) in [4.78, 5) is 9.47. The first-order valence-electron chi connectivity index (χ1n) is 9.93. The Balaban J connectivity index is 1.54. The van der Waals surface area contributed by atoms with E-state index in [0.717, 1.165) is 43.1 Å². The van der Waals surface area contributed by atoms with Crippen molar-refractivity contribution in [2.24, 2.45) is 0 Å². The van der Waals surface area contributed by atoms with Gasteiger partial charge < -0.3 is 15.4 Å². The van der Waals surface area contributed by atoms with Crippen LogP contribution in [0.1, 0.15) is 44.9 Å². The normalized spacial score (nSPS) is 20.8. The van der Waals surface area contributed by atoms with E-state index in [-0.39, 0.29) is 6.10 Å². The maximum absolute atomic E-state index is 5.71. The van der Waals surface area contributed by atoms with Crippen LogP contribution in [-0.4, -0.2) is 35.3 Å². The van der Waals surface area contributed by atoms with Crippen molar-refractivity contribution in [2.75, 3.05) is 23.8 Å². The van der Waals surface area contributed by atoms with Gasteiger partial charge in [0.1, 0.15) is 5.82 Å². The smallest absolute Gasteiger partial charge is 0.225 e. The number of hydrogen-bond donors (Lipinski definition) is 2. The molecular weight excluding hydrogens is 324 g/mol. The molecule has 5 heteroatoms. The molecule has 0 radical (unpaired) electrons. The monoisotopic (exact) mass is 352 g/mol. The molecule has 4 rings (SSSR count). The third-order valence-electron chi connectivity index (χ3n) is 5.26. The van der Waals surface area contributed by atoms with Crippen molar-refractivity contribution in [3.05, 3.63) is 36.4 Å². The zero-order valence-electron chi connectivity index (χ0n) is 15.3. The number of anilines is 2. The van der Waals surface area contributed by atoms with Gasteiger partial charge in [0.15, 0.2) is 0 Å². The van der Waals surface area contributed by atoms with Crippen molar-refractivity contribution in [2.45, 2.75) is 57.1 Å². The quantitative estimate of drug-likeness (QED) is 0.803. The summed E-state index contributed by atoms with van der Waals surface area (Å²) in [5.41, 5.74) is 2.07. The highest BCUT2D eigenvalue weighted by atomic mass is 16.5. The summed E-state index contributed by atoms with van der Waals surface area (Å²) in [7, 11) is 0. The van der Waals surface area contributed by atoms with Crippen molar-refractivity contribution >= 4 is 11.8 Å². The number of ether oxygens (including phenoxy) is 1. The molecule has 1 aromatic heterocycles. The van der Waals surface area contributed by atoms with E-state index in [2.05, 4.69) is 28.8 Å². The first-order chi connectivity index (χ1) is 12.9. The lowest BCUT2D eigenvalue weighted by atomic mass is 9.95. The lowest BCUT2D eigenvalue weighted by Gasteiger charge is -2.23. The molecule has 2 aromatic rings. The van der Waals surface area contributed by atoms with E-state index >= 15 is 0 Å².